The number of nitrogens with one attached hydrogen (secondary N) is 2. The molecule has 0 saturated heterocycles. The van der Waals surface area contributed by atoms with Gasteiger partial charge >= 0.3 is 0 Å². The monoisotopic (exact) mass is 438 g/mol. The van der Waals surface area contributed by atoms with Gasteiger partial charge in [0.05, 0.1) is 12.7 Å². The zero-order valence-electron chi connectivity index (χ0n) is 15.7. The Kier molecular flexibility index (Phi) is 5.60. The first-order valence-corrected chi connectivity index (χ1v) is 9.60. The van der Waals surface area contributed by atoms with Crippen molar-refractivity contribution in [3.63, 3.8) is 0 Å². The molecule has 0 unspecified atom stereocenters. The van der Waals surface area contributed by atoms with Crippen LogP contribution in [0.2, 0.25) is 5.02 Å². The minimum Gasteiger partial charge on any atom is -0.496 e. The van der Waals surface area contributed by atoms with Crippen LogP contribution in [-0.4, -0.2) is 28.1 Å². The molecule has 30 heavy (non-hydrogen) atoms. The number of amides is 1. The summed E-state index contributed by atoms with van der Waals surface area (Å²) < 4.78 is 10.9. The summed E-state index contributed by atoms with van der Waals surface area (Å²) in [4.78, 5) is 21.1. The standard InChI is InChI=1S/C21H15ClN4O3S/c1-28-16-8-7-13(22)11-15(16)19(27)26-21(30)24-14-5-2-4-12(10-14)20-25-18-17(29-20)6-3-9-23-18/h2-11H,1H3,(H2,24,26,27,30). The first-order valence-electron chi connectivity index (χ1n) is 8.81. The van der Waals surface area contributed by atoms with Crippen molar-refractivity contribution in [1.29, 1.82) is 0 Å². The molecule has 0 saturated carbocycles. The largest absolute Gasteiger partial charge is 0.496 e. The fraction of sp³-hybridized carbons (Fsp3) is 0.0476. The predicted molar refractivity (Wildman–Crippen MR) is 119 cm³/mol. The van der Waals surface area contributed by atoms with E-state index < -0.39 is 5.91 Å². The maximum absolute atomic E-state index is 12.6. The molecule has 150 valence electrons. The smallest absolute Gasteiger partial charge is 0.261 e. The van der Waals surface area contributed by atoms with Gasteiger partial charge in [0, 0.05) is 22.5 Å². The van der Waals surface area contributed by atoms with Crippen molar-refractivity contribution in [1.82, 2.24) is 15.3 Å². The number of thiocarbonyl (C=S) groups is 1. The molecule has 9 heteroatoms. The zero-order chi connectivity index (χ0) is 21.1. The number of rotatable bonds is 4. The highest BCUT2D eigenvalue weighted by atomic mass is 35.5. The molecule has 2 N–H and O–H groups in total. The third kappa shape index (κ3) is 4.24. The second-order valence-corrected chi connectivity index (χ2v) is 7.02. The van der Waals surface area contributed by atoms with Gasteiger partial charge in [-0.3, -0.25) is 10.1 Å². The number of benzene rings is 2. The first-order chi connectivity index (χ1) is 14.5. The van der Waals surface area contributed by atoms with Gasteiger partial charge < -0.3 is 14.5 Å². The Morgan fingerprint density at radius 2 is 2.03 bits per heavy atom. The molecule has 2 aromatic carbocycles. The Balaban J connectivity index is 1.49. The molecular weight excluding hydrogens is 424 g/mol. The first kappa shape index (κ1) is 19.8. The van der Waals surface area contributed by atoms with E-state index in [4.69, 9.17) is 33.0 Å². The van der Waals surface area contributed by atoms with Crippen LogP contribution in [0.4, 0.5) is 5.69 Å². The molecular formula is C21H15ClN4O3S. The molecule has 4 rings (SSSR count). The molecule has 0 fully saturated rings. The number of hydrogen-bond donors (Lipinski definition) is 2. The number of methoxy groups -OCH3 is 1. The summed E-state index contributed by atoms with van der Waals surface area (Å²) in [5.74, 6) is 0.394. The maximum atomic E-state index is 12.6. The molecule has 0 aliphatic carbocycles. The van der Waals surface area contributed by atoms with Gasteiger partial charge in [-0.05, 0) is 60.7 Å². The van der Waals surface area contributed by atoms with E-state index in [1.54, 1.807) is 30.5 Å². The van der Waals surface area contributed by atoms with Gasteiger partial charge in [-0.25, -0.2) is 4.98 Å². The van der Waals surface area contributed by atoms with Crippen LogP contribution in [0, 0.1) is 0 Å². The number of nitrogens with zero attached hydrogens (tertiary/aromatic N) is 2. The van der Waals surface area contributed by atoms with Crippen LogP contribution in [0.3, 0.4) is 0 Å². The van der Waals surface area contributed by atoms with Crippen molar-refractivity contribution < 1.29 is 13.9 Å². The number of aromatic nitrogens is 2. The van der Waals surface area contributed by atoms with E-state index in [2.05, 4.69) is 20.6 Å². The Morgan fingerprint density at radius 3 is 2.83 bits per heavy atom. The SMILES string of the molecule is COc1ccc(Cl)cc1C(=O)NC(=S)Nc1cccc(-c2nc3ncccc3o2)c1. The molecule has 0 aliphatic rings. The fourth-order valence-corrected chi connectivity index (χ4v) is 3.20. The number of hydrogen-bond acceptors (Lipinski definition) is 6. The van der Waals surface area contributed by atoms with E-state index in [1.807, 2.05) is 24.3 Å². The van der Waals surface area contributed by atoms with Crippen LogP contribution in [0.25, 0.3) is 22.7 Å². The number of oxazole rings is 1. The normalized spacial score (nSPS) is 10.6. The van der Waals surface area contributed by atoms with E-state index >= 15 is 0 Å². The lowest BCUT2D eigenvalue weighted by molar-refractivity contribution is 0.0975. The van der Waals surface area contributed by atoms with Crippen molar-refractivity contribution >= 4 is 51.8 Å². The molecule has 0 spiro atoms. The second kappa shape index (κ2) is 8.48. The van der Waals surface area contributed by atoms with Crippen molar-refractivity contribution in [2.75, 3.05) is 12.4 Å². The topological polar surface area (TPSA) is 89.3 Å². The van der Waals surface area contributed by atoms with Gasteiger partial charge in [-0.2, -0.15) is 4.98 Å². The molecule has 0 bridgehead atoms. The van der Waals surface area contributed by atoms with Crippen molar-refractivity contribution in [3.05, 3.63) is 71.4 Å². The summed E-state index contributed by atoms with van der Waals surface area (Å²) in [6.07, 6.45) is 1.66. The summed E-state index contributed by atoms with van der Waals surface area (Å²) in [6, 6.07) is 15.7. The Bertz CT molecular complexity index is 1220. The van der Waals surface area contributed by atoms with Crippen molar-refractivity contribution in [3.8, 4) is 17.2 Å². The third-order valence-corrected chi connectivity index (χ3v) is 4.60. The van der Waals surface area contributed by atoms with Gasteiger partial charge in [0.1, 0.15) is 5.75 Å². The van der Waals surface area contributed by atoms with E-state index in [9.17, 15) is 4.79 Å². The van der Waals surface area contributed by atoms with E-state index in [-0.39, 0.29) is 10.7 Å². The number of carbonyl (C=O) groups excluding carboxylic acids is 1. The lowest BCUT2D eigenvalue weighted by Crippen LogP contribution is -2.34. The molecule has 2 aromatic heterocycles. The maximum Gasteiger partial charge on any atom is 0.261 e. The predicted octanol–water partition coefficient (Wildman–Crippen LogP) is 4.68. The van der Waals surface area contributed by atoms with Crippen molar-refractivity contribution in [2.24, 2.45) is 0 Å². The van der Waals surface area contributed by atoms with Crippen LogP contribution in [0.5, 0.6) is 5.75 Å². The molecule has 0 radical (unpaired) electrons. The lowest BCUT2D eigenvalue weighted by atomic mass is 10.2. The average molecular weight is 439 g/mol. The molecule has 1 amide bonds. The van der Waals surface area contributed by atoms with E-state index in [1.165, 1.54) is 13.2 Å². The number of anilines is 1. The number of halogens is 1. The highest BCUT2D eigenvalue weighted by molar-refractivity contribution is 7.80. The molecule has 0 atom stereocenters. The third-order valence-electron chi connectivity index (χ3n) is 4.17. The number of ether oxygens (including phenoxy) is 1. The summed E-state index contributed by atoms with van der Waals surface area (Å²) in [7, 11) is 1.48. The minimum absolute atomic E-state index is 0.124. The quantitative estimate of drug-likeness (QED) is 0.447. The Morgan fingerprint density at radius 1 is 1.17 bits per heavy atom. The molecule has 0 aliphatic heterocycles. The fourth-order valence-electron chi connectivity index (χ4n) is 2.81. The zero-order valence-corrected chi connectivity index (χ0v) is 17.3. The number of carbonyl (C=O) groups is 1. The van der Waals surface area contributed by atoms with Crippen LogP contribution in [0.1, 0.15) is 10.4 Å². The van der Waals surface area contributed by atoms with Crippen LogP contribution in [0.15, 0.2) is 65.2 Å². The van der Waals surface area contributed by atoms with Gasteiger partial charge in [0.2, 0.25) is 5.89 Å². The molecule has 2 heterocycles. The van der Waals surface area contributed by atoms with Gasteiger partial charge in [-0.1, -0.05) is 17.7 Å². The Labute approximate surface area is 182 Å². The van der Waals surface area contributed by atoms with E-state index in [0.29, 0.717) is 33.6 Å². The van der Waals surface area contributed by atoms with Gasteiger partial charge in [0.15, 0.2) is 16.3 Å². The number of fused-ring (bicyclic) bond motifs is 1. The van der Waals surface area contributed by atoms with E-state index in [0.717, 1.165) is 5.56 Å². The van der Waals surface area contributed by atoms with Gasteiger partial charge in [0.25, 0.3) is 5.91 Å². The summed E-state index contributed by atoms with van der Waals surface area (Å²) in [5.41, 5.74) is 2.81. The molecule has 7 nitrogen and oxygen atoms in total. The van der Waals surface area contributed by atoms with Crippen LogP contribution < -0.4 is 15.4 Å². The van der Waals surface area contributed by atoms with Crippen LogP contribution in [-0.2, 0) is 0 Å². The highest BCUT2D eigenvalue weighted by Gasteiger charge is 2.15. The summed E-state index contributed by atoms with van der Waals surface area (Å²) in [5, 5.41) is 6.14. The van der Waals surface area contributed by atoms with Crippen molar-refractivity contribution in [2.45, 2.75) is 0 Å². The lowest BCUT2D eigenvalue weighted by Gasteiger charge is -2.12. The minimum atomic E-state index is -0.437. The Hall–Kier alpha value is -3.49. The summed E-state index contributed by atoms with van der Waals surface area (Å²) in [6.45, 7) is 0. The average Bonchev–Trinajstić information content (AvgIpc) is 3.18. The second-order valence-electron chi connectivity index (χ2n) is 6.18. The molecule has 4 aromatic rings. The summed E-state index contributed by atoms with van der Waals surface area (Å²) >= 11 is 11.3. The highest BCUT2D eigenvalue weighted by Crippen LogP contribution is 2.25. The van der Waals surface area contributed by atoms with Crippen LogP contribution >= 0.6 is 23.8 Å². The van der Waals surface area contributed by atoms with Gasteiger partial charge in [-0.15, -0.1) is 0 Å². The number of pyridine rings is 1.